The molecule has 1 atom stereocenters. The Labute approximate surface area is 142 Å². The maximum atomic E-state index is 12.5. The maximum absolute atomic E-state index is 12.5. The molecule has 0 saturated heterocycles. The minimum atomic E-state index is -0.997. The molecule has 24 heavy (non-hydrogen) atoms. The van der Waals surface area contributed by atoms with Crippen molar-refractivity contribution in [2.75, 3.05) is 0 Å². The molecule has 0 aliphatic heterocycles. The number of aliphatic carboxylic acids is 1. The number of fused-ring (bicyclic) bond motifs is 1. The molecule has 0 aliphatic rings. The quantitative estimate of drug-likeness (QED) is 0.609. The van der Waals surface area contributed by atoms with Gasteiger partial charge >= 0.3 is 11.7 Å². The van der Waals surface area contributed by atoms with Crippen LogP contribution in [0.2, 0.25) is 0 Å². The number of unbranched alkanes of at least 4 members (excludes halogenated alkanes) is 1. The van der Waals surface area contributed by atoms with Gasteiger partial charge in [-0.1, -0.05) is 25.1 Å². The smallest absolute Gasteiger partial charge is 0.332 e. The van der Waals surface area contributed by atoms with E-state index in [0.717, 1.165) is 29.2 Å². The Hall–Kier alpha value is -2.16. The molecule has 0 aromatic carbocycles. The first kappa shape index (κ1) is 18.2. The van der Waals surface area contributed by atoms with Crippen LogP contribution in [0.3, 0.4) is 0 Å². The fourth-order valence-corrected chi connectivity index (χ4v) is 3.11. The zero-order valence-electron chi connectivity index (χ0n) is 14.1. The maximum Gasteiger partial charge on any atom is 0.332 e. The number of thioether (sulfide) groups is 1. The monoisotopic (exact) mass is 352 g/mol. The molecule has 0 aliphatic carbocycles. The van der Waals surface area contributed by atoms with Crippen molar-refractivity contribution >= 4 is 28.8 Å². The number of hydrogen-bond donors (Lipinski definition) is 1. The standard InChI is InChI=1S/C15H20N4O4S/c1-5-6-7-9-16-11-10(12(17-9)24-8(2)14(21)22)13(20)19(4)15(23)18(11)3/h8H,5-7H2,1-4H3,(H,21,22)/t8-/m1/s1. The van der Waals surface area contributed by atoms with Crippen molar-refractivity contribution in [3.63, 3.8) is 0 Å². The first-order valence-corrected chi connectivity index (χ1v) is 8.52. The molecule has 0 fully saturated rings. The zero-order chi connectivity index (χ0) is 18.0. The van der Waals surface area contributed by atoms with Crippen molar-refractivity contribution < 1.29 is 9.90 Å². The fourth-order valence-electron chi connectivity index (χ4n) is 2.22. The Bertz CT molecular complexity index is 903. The number of rotatable bonds is 6. The summed E-state index contributed by atoms with van der Waals surface area (Å²) in [5.74, 6) is -0.490. The SMILES string of the molecule is CCCCc1nc(S[C@H](C)C(=O)O)c2c(=O)n(C)c(=O)n(C)c2n1. The third-order valence-electron chi connectivity index (χ3n) is 3.70. The second-order valence-electron chi connectivity index (χ2n) is 5.55. The minimum absolute atomic E-state index is 0.179. The van der Waals surface area contributed by atoms with Gasteiger partial charge in [0.1, 0.15) is 21.5 Å². The van der Waals surface area contributed by atoms with Crippen LogP contribution in [-0.4, -0.2) is 35.4 Å². The molecule has 2 aromatic heterocycles. The average Bonchev–Trinajstić information content (AvgIpc) is 2.55. The normalized spacial score (nSPS) is 12.5. The predicted molar refractivity (Wildman–Crippen MR) is 91.6 cm³/mol. The molecule has 130 valence electrons. The van der Waals surface area contributed by atoms with Gasteiger partial charge in [-0.15, -0.1) is 0 Å². The van der Waals surface area contributed by atoms with E-state index in [4.69, 9.17) is 5.11 Å². The van der Waals surface area contributed by atoms with E-state index in [0.29, 0.717) is 17.3 Å². The van der Waals surface area contributed by atoms with Crippen molar-refractivity contribution in [3.05, 3.63) is 26.7 Å². The average molecular weight is 352 g/mol. The highest BCUT2D eigenvalue weighted by Gasteiger charge is 2.21. The van der Waals surface area contributed by atoms with Crippen LogP contribution in [0.5, 0.6) is 0 Å². The molecular weight excluding hydrogens is 332 g/mol. The summed E-state index contributed by atoms with van der Waals surface area (Å²) < 4.78 is 2.27. The van der Waals surface area contributed by atoms with Crippen molar-refractivity contribution in [1.29, 1.82) is 0 Å². The van der Waals surface area contributed by atoms with Crippen LogP contribution in [0.4, 0.5) is 0 Å². The number of nitrogens with zero attached hydrogens (tertiary/aromatic N) is 4. The molecule has 0 unspecified atom stereocenters. The molecule has 0 bridgehead atoms. The van der Waals surface area contributed by atoms with Gasteiger partial charge in [-0.25, -0.2) is 14.8 Å². The van der Waals surface area contributed by atoms with Gasteiger partial charge in [-0.05, 0) is 13.3 Å². The van der Waals surface area contributed by atoms with Gasteiger partial charge in [0.2, 0.25) is 0 Å². The van der Waals surface area contributed by atoms with Crippen LogP contribution in [0, 0.1) is 0 Å². The molecule has 2 aromatic rings. The molecule has 2 heterocycles. The molecule has 1 N–H and O–H groups in total. The van der Waals surface area contributed by atoms with Crippen molar-refractivity contribution in [3.8, 4) is 0 Å². The van der Waals surface area contributed by atoms with E-state index in [1.165, 1.54) is 25.6 Å². The van der Waals surface area contributed by atoms with Gasteiger partial charge < -0.3 is 5.11 Å². The van der Waals surface area contributed by atoms with Crippen molar-refractivity contribution in [2.45, 2.75) is 43.4 Å². The van der Waals surface area contributed by atoms with Crippen LogP contribution in [-0.2, 0) is 25.3 Å². The summed E-state index contributed by atoms with van der Waals surface area (Å²) in [6.07, 6.45) is 2.42. The van der Waals surface area contributed by atoms with Crippen LogP contribution in [0.15, 0.2) is 14.6 Å². The number of carboxylic acids is 1. The zero-order valence-corrected chi connectivity index (χ0v) is 14.9. The molecule has 8 nitrogen and oxygen atoms in total. The van der Waals surface area contributed by atoms with Crippen LogP contribution in [0.25, 0.3) is 11.0 Å². The molecule has 0 saturated carbocycles. The lowest BCUT2D eigenvalue weighted by molar-refractivity contribution is -0.136. The Kier molecular flexibility index (Phi) is 5.43. The number of carboxylic acid groups (broad SMARTS) is 1. The summed E-state index contributed by atoms with van der Waals surface area (Å²) in [7, 11) is 2.92. The summed E-state index contributed by atoms with van der Waals surface area (Å²) in [6, 6.07) is 0. The number of hydrogen-bond acceptors (Lipinski definition) is 6. The van der Waals surface area contributed by atoms with E-state index in [2.05, 4.69) is 9.97 Å². The first-order valence-electron chi connectivity index (χ1n) is 7.64. The predicted octanol–water partition coefficient (Wildman–Crippen LogP) is 0.935. The molecule has 9 heteroatoms. The summed E-state index contributed by atoms with van der Waals surface area (Å²) in [5.41, 5.74) is -0.755. The van der Waals surface area contributed by atoms with Crippen molar-refractivity contribution in [2.24, 2.45) is 14.1 Å². The number of carbonyl (C=O) groups is 1. The molecule has 0 amide bonds. The second kappa shape index (κ2) is 7.16. The highest BCUT2D eigenvalue weighted by molar-refractivity contribution is 8.00. The van der Waals surface area contributed by atoms with Gasteiger partial charge in [0, 0.05) is 20.5 Å². The third kappa shape index (κ3) is 3.35. The largest absolute Gasteiger partial charge is 0.480 e. The number of aryl methyl sites for hydroxylation is 2. The summed E-state index contributed by atoms with van der Waals surface area (Å²) in [6.45, 7) is 3.56. The Morgan fingerprint density at radius 3 is 2.50 bits per heavy atom. The van der Waals surface area contributed by atoms with E-state index in [1.54, 1.807) is 0 Å². The molecule has 0 spiro atoms. The fraction of sp³-hybridized carbons (Fsp3) is 0.533. The lowest BCUT2D eigenvalue weighted by Crippen LogP contribution is -2.38. The van der Waals surface area contributed by atoms with Crippen LogP contribution in [0.1, 0.15) is 32.5 Å². The Balaban J connectivity index is 2.78. The molecule has 0 radical (unpaired) electrons. The molecular formula is C15H20N4O4S. The number of aromatic nitrogens is 4. The lowest BCUT2D eigenvalue weighted by atomic mass is 10.2. The van der Waals surface area contributed by atoms with Gasteiger partial charge in [0.25, 0.3) is 5.56 Å². The second-order valence-corrected chi connectivity index (χ2v) is 6.88. The van der Waals surface area contributed by atoms with E-state index < -0.39 is 22.5 Å². The summed E-state index contributed by atoms with van der Waals surface area (Å²) in [5, 5.41) is 8.85. The highest BCUT2D eigenvalue weighted by Crippen LogP contribution is 2.26. The topological polar surface area (TPSA) is 107 Å². The van der Waals surface area contributed by atoms with Crippen molar-refractivity contribution in [1.82, 2.24) is 19.1 Å². The van der Waals surface area contributed by atoms with Gasteiger partial charge in [0.15, 0.2) is 5.65 Å². The van der Waals surface area contributed by atoms with Gasteiger partial charge in [0.05, 0.1) is 0 Å². The summed E-state index contributed by atoms with van der Waals surface area (Å²) >= 11 is 0.987. The third-order valence-corrected chi connectivity index (χ3v) is 4.78. The van der Waals surface area contributed by atoms with E-state index in [1.807, 2.05) is 6.92 Å². The van der Waals surface area contributed by atoms with Gasteiger partial charge in [-0.3, -0.25) is 18.7 Å². The van der Waals surface area contributed by atoms with Crippen LogP contribution >= 0.6 is 11.8 Å². The Morgan fingerprint density at radius 2 is 1.92 bits per heavy atom. The highest BCUT2D eigenvalue weighted by atomic mass is 32.2. The van der Waals surface area contributed by atoms with E-state index in [9.17, 15) is 14.4 Å². The lowest BCUT2D eigenvalue weighted by Gasteiger charge is -2.13. The van der Waals surface area contributed by atoms with Crippen LogP contribution < -0.4 is 11.2 Å². The van der Waals surface area contributed by atoms with Gasteiger partial charge in [-0.2, -0.15) is 0 Å². The minimum Gasteiger partial charge on any atom is -0.480 e. The summed E-state index contributed by atoms with van der Waals surface area (Å²) in [4.78, 5) is 44.6. The first-order chi connectivity index (χ1) is 11.3. The van der Waals surface area contributed by atoms with E-state index in [-0.39, 0.29) is 11.0 Å². The molecule has 2 rings (SSSR count). The Morgan fingerprint density at radius 1 is 1.25 bits per heavy atom. The van der Waals surface area contributed by atoms with E-state index >= 15 is 0 Å².